The Morgan fingerprint density at radius 2 is 1.86 bits per heavy atom. The first-order chi connectivity index (χ1) is 13.5. The molecule has 2 aromatic rings. The van der Waals surface area contributed by atoms with Crippen molar-refractivity contribution in [3.63, 3.8) is 0 Å². The largest absolute Gasteiger partial charge is 0.464 e. The maximum atomic E-state index is 11.5. The van der Waals surface area contributed by atoms with Crippen molar-refractivity contribution in [1.82, 2.24) is 24.7 Å². The molecule has 9 nitrogen and oxygen atoms in total. The van der Waals surface area contributed by atoms with Crippen molar-refractivity contribution in [3.8, 4) is 0 Å². The zero-order valence-electron chi connectivity index (χ0n) is 18.4. The number of hydroxylamine groups is 1. The Labute approximate surface area is 172 Å². The molecule has 9 heteroatoms. The van der Waals surface area contributed by atoms with Gasteiger partial charge in [-0.05, 0) is 59.4 Å². The van der Waals surface area contributed by atoms with Crippen LogP contribution in [0.15, 0.2) is 0 Å². The molecule has 1 amide bonds. The van der Waals surface area contributed by atoms with Crippen molar-refractivity contribution in [2.24, 2.45) is 0 Å². The molecule has 0 aliphatic carbocycles. The second-order valence-electron chi connectivity index (χ2n) is 8.40. The summed E-state index contributed by atoms with van der Waals surface area (Å²) in [5, 5.41) is 21.3. The van der Waals surface area contributed by atoms with E-state index < -0.39 is 11.6 Å². The highest BCUT2D eigenvalue weighted by Crippen LogP contribution is 2.27. The number of hydrazine groups is 1. The maximum Gasteiger partial charge on any atom is 0.424 e. The average Bonchev–Trinajstić information content (AvgIpc) is 2.94. The minimum atomic E-state index is -1.18. The fourth-order valence-electron chi connectivity index (χ4n) is 3.56. The Morgan fingerprint density at radius 1 is 1.21 bits per heavy atom. The summed E-state index contributed by atoms with van der Waals surface area (Å²) in [7, 11) is 0. The first-order valence-corrected chi connectivity index (χ1v) is 10.1. The van der Waals surface area contributed by atoms with Crippen molar-refractivity contribution >= 4 is 22.9 Å². The number of nitrogens with zero attached hydrogens (tertiary/aromatic N) is 5. The van der Waals surface area contributed by atoms with Crippen LogP contribution in [-0.2, 0) is 13.0 Å². The van der Waals surface area contributed by atoms with Crippen LogP contribution >= 0.6 is 0 Å². The van der Waals surface area contributed by atoms with E-state index >= 15 is 0 Å². The molecule has 0 saturated carbocycles. The molecule has 0 atom stereocenters. The number of aromatic nitrogens is 3. The van der Waals surface area contributed by atoms with E-state index in [-0.39, 0.29) is 6.54 Å². The van der Waals surface area contributed by atoms with E-state index in [2.05, 4.69) is 16.5 Å². The Morgan fingerprint density at radius 3 is 2.41 bits per heavy atom. The molecule has 0 bridgehead atoms. The van der Waals surface area contributed by atoms with E-state index in [0.29, 0.717) is 18.8 Å². The van der Waals surface area contributed by atoms with Gasteiger partial charge in [0.25, 0.3) is 0 Å². The van der Waals surface area contributed by atoms with Crippen LogP contribution in [0.2, 0.25) is 0 Å². The van der Waals surface area contributed by atoms with Gasteiger partial charge in [0.15, 0.2) is 5.82 Å². The maximum absolute atomic E-state index is 11.5. The number of hydrogen-bond donors (Lipinski definition) is 3. The molecule has 2 heterocycles. The van der Waals surface area contributed by atoms with Crippen LogP contribution in [0.3, 0.4) is 0 Å². The van der Waals surface area contributed by atoms with Crippen molar-refractivity contribution in [2.75, 3.05) is 12.3 Å². The van der Waals surface area contributed by atoms with Gasteiger partial charge in [-0.1, -0.05) is 12.1 Å². The molecule has 0 fully saturated rings. The number of amides is 1. The van der Waals surface area contributed by atoms with Gasteiger partial charge in [0.1, 0.15) is 11.3 Å². The van der Waals surface area contributed by atoms with Gasteiger partial charge in [0, 0.05) is 25.2 Å². The number of carboxylic acid groups (broad SMARTS) is 1. The molecule has 0 unspecified atom stereocenters. The van der Waals surface area contributed by atoms with Crippen molar-refractivity contribution < 1.29 is 15.1 Å². The molecule has 0 radical (unpaired) electrons. The lowest BCUT2D eigenvalue weighted by atomic mass is 10.1. The summed E-state index contributed by atoms with van der Waals surface area (Å²) in [5.74, 6) is 1.43. The summed E-state index contributed by atoms with van der Waals surface area (Å²) in [4.78, 5) is 20.6. The summed E-state index contributed by atoms with van der Waals surface area (Å²) in [6, 6.07) is 0. The minimum Gasteiger partial charge on any atom is -0.464 e. The molecule has 0 spiro atoms. The summed E-state index contributed by atoms with van der Waals surface area (Å²) in [6.07, 6.45) is 2.02. The predicted molar refractivity (Wildman–Crippen MR) is 113 cm³/mol. The number of nitrogens with two attached hydrogens (primary N) is 1. The monoisotopic (exact) mass is 406 g/mol. The number of pyridine rings is 1. The molecule has 0 aliphatic heterocycles. The molecule has 29 heavy (non-hydrogen) atoms. The molecule has 0 aromatic carbocycles. The van der Waals surface area contributed by atoms with Crippen LogP contribution in [0.1, 0.15) is 64.0 Å². The van der Waals surface area contributed by atoms with Gasteiger partial charge in [-0.15, -0.1) is 0 Å². The number of anilines is 1. The van der Waals surface area contributed by atoms with Gasteiger partial charge in [-0.25, -0.2) is 19.8 Å². The zero-order valence-corrected chi connectivity index (χ0v) is 18.4. The number of aryl methyl sites for hydroxylation is 4. The quantitative estimate of drug-likeness (QED) is 0.451. The summed E-state index contributed by atoms with van der Waals surface area (Å²) >= 11 is 0. The number of carbonyl (C=O) groups is 1. The van der Waals surface area contributed by atoms with E-state index in [1.165, 1.54) is 0 Å². The van der Waals surface area contributed by atoms with Crippen LogP contribution in [0, 0.1) is 13.8 Å². The number of unbranched alkanes of at least 4 members (excludes halogenated alkanes) is 1. The zero-order chi connectivity index (χ0) is 21.9. The highest BCUT2D eigenvalue weighted by Gasteiger charge is 2.31. The molecule has 0 saturated heterocycles. The Balaban J connectivity index is 2.16. The fourth-order valence-corrected chi connectivity index (χ4v) is 3.56. The smallest absolute Gasteiger partial charge is 0.424 e. The first-order valence-electron chi connectivity index (χ1n) is 10.1. The van der Waals surface area contributed by atoms with Gasteiger partial charge in [0.05, 0.1) is 11.1 Å². The molecule has 2 aromatic heterocycles. The molecule has 2 rings (SSSR count). The Hall–Kier alpha value is -2.39. The van der Waals surface area contributed by atoms with Gasteiger partial charge >= 0.3 is 6.09 Å². The van der Waals surface area contributed by atoms with E-state index in [1.54, 1.807) is 20.8 Å². The van der Waals surface area contributed by atoms with Gasteiger partial charge in [-0.2, -0.15) is 0 Å². The van der Waals surface area contributed by atoms with E-state index in [0.717, 1.165) is 57.6 Å². The van der Waals surface area contributed by atoms with Crippen LogP contribution in [0.25, 0.3) is 11.0 Å². The Kier molecular flexibility index (Phi) is 7.07. The first kappa shape index (κ1) is 22.9. The highest BCUT2D eigenvalue weighted by atomic mass is 16.6. The minimum absolute atomic E-state index is 0.223. The molecule has 4 N–H and O–H groups in total. The summed E-state index contributed by atoms with van der Waals surface area (Å²) in [5.41, 5.74) is 9.10. The molecule has 162 valence electrons. The van der Waals surface area contributed by atoms with Crippen molar-refractivity contribution in [2.45, 2.75) is 79.3 Å². The lowest BCUT2D eigenvalue weighted by molar-refractivity contribution is -0.253. The van der Waals surface area contributed by atoms with Crippen LogP contribution in [0.4, 0.5) is 10.6 Å². The lowest BCUT2D eigenvalue weighted by Gasteiger charge is -2.37. The van der Waals surface area contributed by atoms with Crippen molar-refractivity contribution in [1.29, 1.82) is 0 Å². The van der Waals surface area contributed by atoms with Crippen LogP contribution in [-0.4, -0.2) is 53.2 Å². The molecule has 0 aliphatic rings. The number of fused-ring (bicyclic) bond motifs is 1. The van der Waals surface area contributed by atoms with Gasteiger partial charge in [-0.3, -0.25) is 5.21 Å². The predicted octanol–water partition coefficient (Wildman–Crippen LogP) is 3.75. The van der Waals surface area contributed by atoms with Gasteiger partial charge < -0.3 is 15.4 Å². The second kappa shape index (κ2) is 8.96. The number of imidazole rings is 1. The van der Waals surface area contributed by atoms with Crippen LogP contribution < -0.4 is 5.73 Å². The standard InChI is InChI=1S/C20H34N6O3/c1-7-10-15-23-16-17(13(2)14(3)22-18(16)21)24(15)11-8-9-12-25(29)26(19(27)28)20(4,5)6/h29H,7-12H2,1-6H3,(H2,21,22)(H,27,28). The lowest BCUT2D eigenvalue weighted by Crippen LogP contribution is -2.54. The van der Waals surface area contributed by atoms with Gasteiger partial charge in [0.2, 0.25) is 0 Å². The number of rotatable bonds is 8. The third kappa shape index (κ3) is 4.97. The van der Waals surface area contributed by atoms with Crippen LogP contribution in [0.5, 0.6) is 0 Å². The normalized spacial score (nSPS) is 12.1. The SMILES string of the molecule is CCCc1nc2c(N)nc(C)c(C)c2n1CCCCN(O)N(C(=O)O)C(C)(C)C. The summed E-state index contributed by atoms with van der Waals surface area (Å²) < 4.78 is 2.19. The Bertz CT molecular complexity index is 871. The third-order valence-corrected chi connectivity index (χ3v) is 4.99. The fraction of sp³-hybridized carbons (Fsp3) is 0.650. The molecular formula is C20H34N6O3. The summed E-state index contributed by atoms with van der Waals surface area (Å²) in [6.45, 7) is 12.2. The number of hydrogen-bond acceptors (Lipinski definition) is 6. The average molecular weight is 407 g/mol. The van der Waals surface area contributed by atoms with Crippen molar-refractivity contribution in [3.05, 3.63) is 17.1 Å². The number of nitrogen functional groups attached to an aromatic ring is 1. The second-order valence-corrected chi connectivity index (χ2v) is 8.40. The van der Waals surface area contributed by atoms with E-state index in [1.807, 2.05) is 13.8 Å². The van der Waals surface area contributed by atoms with E-state index in [9.17, 15) is 15.1 Å². The third-order valence-electron chi connectivity index (χ3n) is 4.99. The highest BCUT2D eigenvalue weighted by molar-refractivity contribution is 5.88. The van der Waals surface area contributed by atoms with E-state index in [4.69, 9.17) is 10.7 Å². The topological polar surface area (TPSA) is 121 Å². The molecular weight excluding hydrogens is 372 g/mol.